The molecule has 0 saturated carbocycles. The molecular weight excluding hydrogens is 150 g/mol. The van der Waals surface area contributed by atoms with Crippen molar-refractivity contribution in [2.24, 2.45) is 5.73 Å². The molecule has 0 saturated heterocycles. The summed E-state index contributed by atoms with van der Waals surface area (Å²) in [6.07, 6.45) is 3.58. The lowest BCUT2D eigenvalue weighted by atomic mass is 10.3. The molecular formula is C9H23N3. The number of nitrogens with two attached hydrogens (primary N) is 1. The lowest BCUT2D eigenvalue weighted by molar-refractivity contribution is 0.394. The van der Waals surface area contributed by atoms with Gasteiger partial charge in [0.2, 0.25) is 0 Å². The fourth-order valence-corrected chi connectivity index (χ4v) is 1.04. The lowest BCUT2D eigenvalue weighted by Crippen LogP contribution is -2.22. The molecule has 12 heavy (non-hydrogen) atoms. The van der Waals surface area contributed by atoms with Gasteiger partial charge in [-0.25, -0.2) is 0 Å². The third kappa shape index (κ3) is 9.88. The predicted octanol–water partition coefficient (Wildman–Crippen LogP) is 0.267. The average Bonchev–Trinajstić information content (AvgIpc) is 2.02. The first-order valence-corrected chi connectivity index (χ1v) is 4.83. The third-order valence-electron chi connectivity index (χ3n) is 1.77. The van der Waals surface area contributed by atoms with Gasteiger partial charge in [0.15, 0.2) is 0 Å². The van der Waals surface area contributed by atoms with Gasteiger partial charge in [0.1, 0.15) is 0 Å². The molecule has 3 nitrogen and oxygen atoms in total. The van der Waals surface area contributed by atoms with E-state index < -0.39 is 0 Å². The van der Waals surface area contributed by atoms with Crippen molar-refractivity contribution in [1.29, 1.82) is 0 Å². The summed E-state index contributed by atoms with van der Waals surface area (Å²) in [6, 6.07) is 0. The van der Waals surface area contributed by atoms with E-state index in [-0.39, 0.29) is 0 Å². The Kier molecular flexibility index (Phi) is 8.88. The fourth-order valence-electron chi connectivity index (χ4n) is 1.04. The maximum atomic E-state index is 5.37. The molecule has 0 spiro atoms. The zero-order valence-corrected chi connectivity index (χ0v) is 8.47. The monoisotopic (exact) mass is 173 g/mol. The van der Waals surface area contributed by atoms with Gasteiger partial charge in [-0.15, -0.1) is 0 Å². The van der Waals surface area contributed by atoms with Gasteiger partial charge in [0.25, 0.3) is 0 Å². The minimum Gasteiger partial charge on any atom is -0.330 e. The van der Waals surface area contributed by atoms with Crippen LogP contribution in [0.1, 0.15) is 19.3 Å². The van der Waals surface area contributed by atoms with Gasteiger partial charge in [-0.3, -0.25) is 0 Å². The van der Waals surface area contributed by atoms with Crippen LogP contribution in [0.4, 0.5) is 0 Å². The van der Waals surface area contributed by atoms with E-state index >= 15 is 0 Å². The number of nitrogens with one attached hydrogen (secondary N) is 1. The summed E-state index contributed by atoms with van der Waals surface area (Å²) < 4.78 is 0. The van der Waals surface area contributed by atoms with Gasteiger partial charge in [-0.05, 0) is 59.5 Å². The Hall–Kier alpha value is -0.120. The van der Waals surface area contributed by atoms with Gasteiger partial charge in [-0.1, -0.05) is 0 Å². The standard InChI is InChI=1S/C9H23N3/c1-12(2)9-5-8-11-7-4-3-6-10/h11H,3-10H2,1-2H3. The highest BCUT2D eigenvalue weighted by Crippen LogP contribution is 1.84. The summed E-state index contributed by atoms with van der Waals surface area (Å²) >= 11 is 0. The smallest absolute Gasteiger partial charge is 0.00127 e. The first-order valence-electron chi connectivity index (χ1n) is 4.83. The van der Waals surface area contributed by atoms with Crippen molar-refractivity contribution in [3.05, 3.63) is 0 Å². The Morgan fingerprint density at radius 2 is 1.75 bits per heavy atom. The highest BCUT2D eigenvalue weighted by molar-refractivity contribution is 4.51. The molecule has 0 aromatic rings. The molecule has 0 amide bonds. The Balaban J connectivity index is 2.82. The second-order valence-electron chi connectivity index (χ2n) is 3.40. The zero-order chi connectivity index (χ0) is 9.23. The van der Waals surface area contributed by atoms with Crippen LogP contribution in [0, 0.1) is 0 Å². The molecule has 0 aromatic heterocycles. The number of rotatable bonds is 8. The Labute approximate surface area is 76.3 Å². The van der Waals surface area contributed by atoms with Crippen LogP contribution in [0.3, 0.4) is 0 Å². The van der Waals surface area contributed by atoms with E-state index in [0.29, 0.717) is 0 Å². The Morgan fingerprint density at radius 3 is 2.33 bits per heavy atom. The molecule has 0 unspecified atom stereocenters. The Bertz CT molecular complexity index is 83.8. The molecule has 3 heteroatoms. The van der Waals surface area contributed by atoms with Crippen molar-refractivity contribution in [3.8, 4) is 0 Å². The van der Waals surface area contributed by atoms with Crippen molar-refractivity contribution in [3.63, 3.8) is 0 Å². The molecule has 0 bridgehead atoms. The van der Waals surface area contributed by atoms with E-state index in [0.717, 1.165) is 26.1 Å². The average molecular weight is 173 g/mol. The van der Waals surface area contributed by atoms with Gasteiger partial charge >= 0.3 is 0 Å². The fraction of sp³-hybridized carbons (Fsp3) is 1.00. The molecule has 0 radical (unpaired) electrons. The maximum Gasteiger partial charge on any atom is -0.00127 e. The van der Waals surface area contributed by atoms with Crippen LogP contribution < -0.4 is 11.1 Å². The second kappa shape index (κ2) is 8.97. The number of nitrogens with zero attached hydrogens (tertiary/aromatic N) is 1. The van der Waals surface area contributed by atoms with E-state index in [9.17, 15) is 0 Å². The summed E-state index contributed by atoms with van der Waals surface area (Å²) in [5.41, 5.74) is 5.37. The molecule has 0 aliphatic rings. The lowest BCUT2D eigenvalue weighted by Gasteiger charge is -2.09. The van der Waals surface area contributed by atoms with Gasteiger partial charge in [0, 0.05) is 0 Å². The van der Waals surface area contributed by atoms with E-state index in [1.54, 1.807) is 0 Å². The minimum absolute atomic E-state index is 0.819. The maximum absolute atomic E-state index is 5.37. The van der Waals surface area contributed by atoms with Crippen molar-refractivity contribution in [1.82, 2.24) is 10.2 Å². The Morgan fingerprint density at radius 1 is 1.08 bits per heavy atom. The van der Waals surface area contributed by atoms with E-state index in [1.807, 2.05) is 0 Å². The van der Waals surface area contributed by atoms with Crippen LogP contribution >= 0.6 is 0 Å². The van der Waals surface area contributed by atoms with Gasteiger partial charge < -0.3 is 16.0 Å². The topological polar surface area (TPSA) is 41.3 Å². The van der Waals surface area contributed by atoms with E-state index in [2.05, 4.69) is 24.3 Å². The number of hydrogen-bond acceptors (Lipinski definition) is 3. The summed E-state index contributed by atoms with van der Waals surface area (Å²) in [7, 11) is 4.21. The van der Waals surface area contributed by atoms with E-state index in [4.69, 9.17) is 5.73 Å². The van der Waals surface area contributed by atoms with Crippen molar-refractivity contribution in [2.45, 2.75) is 19.3 Å². The van der Waals surface area contributed by atoms with Crippen LogP contribution in [0.5, 0.6) is 0 Å². The summed E-state index contributed by atoms with van der Waals surface area (Å²) in [5.74, 6) is 0. The minimum atomic E-state index is 0.819. The first-order chi connectivity index (χ1) is 5.77. The molecule has 0 fully saturated rings. The largest absolute Gasteiger partial charge is 0.330 e. The van der Waals surface area contributed by atoms with Gasteiger partial charge in [-0.2, -0.15) is 0 Å². The molecule has 0 aliphatic heterocycles. The summed E-state index contributed by atoms with van der Waals surface area (Å²) in [4.78, 5) is 2.21. The molecule has 74 valence electrons. The summed E-state index contributed by atoms with van der Waals surface area (Å²) in [6.45, 7) is 4.23. The van der Waals surface area contributed by atoms with Crippen LogP contribution in [-0.2, 0) is 0 Å². The van der Waals surface area contributed by atoms with Crippen LogP contribution in [-0.4, -0.2) is 45.2 Å². The number of unbranched alkanes of at least 4 members (excludes halogenated alkanes) is 1. The second-order valence-corrected chi connectivity index (χ2v) is 3.40. The van der Waals surface area contributed by atoms with Crippen molar-refractivity contribution in [2.75, 3.05) is 40.3 Å². The molecule has 0 aromatic carbocycles. The third-order valence-corrected chi connectivity index (χ3v) is 1.77. The highest BCUT2D eigenvalue weighted by Gasteiger charge is 1.90. The molecule has 0 rings (SSSR count). The zero-order valence-electron chi connectivity index (χ0n) is 8.47. The summed E-state index contributed by atoms with van der Waals surface area (Å²) in [5, 5.41) is 3.39. The SMILES string of the molecule is CN(C)CCCNCCCCN. The van der Waals surface area contributed by atoms with Crippen LogP contribution in [0.15, 0.2) is 0 Å². The quantitative estimate of drug-likeness (QED) is 0.518. The molecule has 3 N–H and O–H groups in total. The van der Waals surface area contributed by atoms with Crippen LogP contribution in [0.2, 0.25) is 0 Å². The number of hydrogen-bond donors (Lipinski definition) is 2. The van der Waals surface area contributed by atoms with Crippen LogP contribution in [0.25, 0.3) is 0 Å². The normalized spacial score (nSPS) is 11.0. The van der Waals surface area contributed by atoms with Crippen molar-refractivity contribution >= 4 is 0 Å². The highest BCUT2D eigenvalue weighted by atomic mass is 15.0. The van der Waals surface area contributed by atoms with Crippen molar-refractivity contribution < 1.29 is 0 Å². The molecule has 0 aliphatic carbocycles. The molecule has 0 atom stereocenters. The van der Waals surface area contributed by atoms with E-state index in [1.165, 1.54) is 19.4 Å². The van der Waals surface area contributed by atoms with Gasteiger partial charge in [0.05, 0.1) is 0 Å². The molecule has 0 heterocycles. The first kappa shape index (κ1) is 11.9. The predicted molar refractivity (Wildman–Crippen MR) is 54.3 cm³/mol.